The van der Waals surface area contributed by atoms with Gasteiger partial charge in [0.1, 0.15) is 0 Å². The molecule has 0 heterocycles. The first kappa shape index (κ1) is 26.7. The van der Waals surface area contributed by atoms with Crippen molar-refractivity contribution in [2.75, 3.05) is 0 Å². The normalized spacial score (nSPS) is 11.6. The minimum absolute atomic E-state index is 0.122. The molecule has 0 fully saturated rings. The van der Waals surface area contributed by atoms with Crippen molar-refractivity contribution < 1.29 is 4.79 Å². The van der Waals surface area contributed by atoms with E-state index in [2.05, 4.69) is 6.07 Å². The van der Waals surface area contributed by atoms with Crippen molar-refractivity contribution in [3.63, 3.8) is 0 Å². The Kier molecular flexibility index (Phi) is 8.44. The van der Waals surface area contributed by atoms with Gasteiger partial charge in [-0.15, -0.1) is 0 Å². The number of allylic oxidation sites excluding steroid dienone is 2. The molecule has 0 aliphatic rings. The summed E-state index contributed by atoms with van der Waals surface area (Å²) in [6, 6.07) is 38.9. The van der Waals surface area contributed by atoms with Crippen LogP contribution in [0.15, 0.2) is 133 Å². The first-order chi connectivity index (χ1) is 19.0. The van der Waals surface area contributed by atoms with E-state index in [0.29, 0.717) is 15.1 Å². The highest BCUT2D eigenvalue weighted by Gasteiger charge is 2.18. The second-order valence-electron chi connectivity index (χ2n) is 8.95. The van der Waals surface area contributed by atoms with Crippen molar-refractivity contribution in [2.45, 2.75) is 0 Å². The highest BCUT2D eigenvalue weighted by molar-refractivity contribution is 6.31. The lowest BCUT2D eigenvalue weighted by atomic mass is 9.85. The molecule has 5 aromatic carbocycles. The third kappa shape index (κ3) is 6.58. The smallest absolute Gasteiger partial charge is 0.179 e. The minimum atomic E-state index is -0.122. The van der Waals surface area contributed by atoms with Crippen LogP contribution >= 0.6 is 34.8 Å². The van der Waals surface area contributed by atoms with Crippen molar-refractivity contribution in [1.82, 2.24) is 0 Å². The van der Waals surface area contributed by atoms with Crippen LogP contribution in [0.3, 0.4) is 0 Å². The Balaban J connectivity index is 1.72. The Labute approximate surface area is 243 Å². The number of hydrogen-bond donors (Lipinski definition) is 0. The predicted octanol–water partition coefficient (Wildman–Crippen LogP) is 10.7. The van der Waals surface area contributed by atoms with Gasteiger partial charge in [-0.3, -0.25) is 4.79 Å². The quantitative estimate of drug-likeness (QED) is 0.179. The topological polar surface area (TPSA) is 17.1 Å². The SMILES string of the molecule is O=C(C=Cc1ccccc1)C=C(c1ccc(Cl)cc1)c1cccc(-c2ccc(Cl)cc2)c1-c1ccc(Cl)cc1. The molecule has 0 unspecified atom stereocenters. The van der Waals surface area contributed by atoms with E-state index in [1.54, 1.807) is 12.2 Å². The van der Waals surface area contributed by atoms with Gasteiger partial charge in [-0.05, 0) is 93.1 Å². The van der Waals surface area contributed by atoms with Crippen LogP contribution in [0, 0.1) is 0 Å². The molecule has 0 saturated heterocycles. The number of hydrogen-bond acceptors (Lipinski definition) is 1. The molecule has 5 aromatic rings. The lowest BCUT2D eigenvalue weighted by Gasteiger charge is -2.19. The maximum absolute atomic E-state index is 13.3. The molecule has 0 aliphatic carbocycles. The van der Waals surface area contributed by atoms with Crippen molar-refractivity contribution in [3.05, 3.63) is 165 Å². The summed E-state index contributed by atoms with van der Waals surface area (Å²) in [5.74, 6) is -0.122. The number of rotatable bonds is 7. The van der Waals surface area contributed by atoms with Gasteiger partial charge in [0, 0.05) is 15.1 Å². The van der Waals surface area contributed by atoms with E-state index in [-0.39, 0.29) is 5.78 Å². The zero-order valence-electron chi connectivity index (χ0n) is 20.8. The second kappa shape index (κ2) is 12.3. The van der Waals surface area contributed by atoms with E-state index < -0.39 is 0 Å². The molecule has 0 aliphatic heterocycles. The molecule has 1 nitrogen and oxygen atoms in total. The van der Waals surface area contributed by atoms with E-state index in [1.807, 2.05) is 121 Å². The maximum atomic E-state index is 13.3. The fourth-order valence-electron chi connectivity index (χ4n) is 4.45. The molecular formula is C35H23Cl3O. The molecule has 0 N–H and O–H groups in total. The van der Waals surface area contributed by atoms with Gasteiger partial charge in [0.2, 0.25) is 0 Å². The summed E-state index contributed by atoms with van der Waals surface area (Å²) in [5, 5.41) is 1.95. The zero-order valence-corrected chi connectivity index (χ0v) is 23.1. The van der Waals surface area contributed by atoms with E-state index in [9.17, 15) is 4.79 Å². The fourth-order valence-corrected chi connectivity index (χ4v) is 4.83. The highest BCUT2D eigenvalue weighted by Crippen LogP contribution is 2.40. The van der Waals surface area contributed by atoms with Gasteiger partial charge in [0.05, 0.1) is 0 Å². The van der Waals surface area contributed by atoms with Crippen LogP contribution < -0.4 is 0 Å². The Morgan fingerprint density at radius 1 is 0.564 bits per heavy atom. The van der Waals surface area contributed by atoms with Gasteiger partial charge < -0.3 is 0 Å². The molecule has 4 heteroatoms. The molecule has 0 radical (unpaired) electrons. The average Bonchev–Trinajstić information content (AvgIpc) is 2.96. The van der Waals surface area contributed by atoms with Crippen molar-refractivity contribution in [3.8, 4) is 22.3 Å². The molecule has 0 spiro atoms. The van der Waals surface area contributed by atoms with Crippen LogP contribution in [-0.4, -0.2) is 5.78 Å². The zero-order chi connectivity index (χ0) is 27.2. The molecule has 39 heavy (non-hydrogen) atoms. The highest BCUT2D eigenvalue weighted by atomic mass is 35.5. The average molecular weight is 566 g/mol. The summed E-state index contributed by atoms with van der Waals surface area (Å²) in [5.41, 5.74) is 7.52. The van der Waals surface area contributed by atoms with Gasteiger partial charge >= 0.3 is 0 Å². The first-order valence-electron chi connectivity index (χ1n) is 12.4. The number of carbonyl (C=O) groups excluding carboxylic acids is 1. The largest absolute Gasteiger partial charge is 0.290 e. The van der Waals surface area contributed by atoms with Crippen LogP contribution in [0.25, 0.3) is 33.9 Å². The van der Waals surface area contributed by atoms with E-state index >= 15 is 0 Å². The monoisotopic (exact) mass is 564 g/mol. The lowest BCUT2D eigenvalue weighted by molar-refractivity contribution is -0.110. The van der Waals surface area contributed by atoms with Crippen molar-refractivity contribution >= 4 is 52.2 Å². The Morgan fingerprint density at radius 3 is 1.74 bits per heavy atom. The van der Waals surface area contributed by atoms with Gasteiger partial charge in [-0.25, -0.2) is 0 Å². The van der Waals surface area contributed by atoms with E-state index in [4.69, 9.17) is 34.8 Å². The molecule has 190 valence electrons. The van der Waals surface area contributed by atoms with E-state index in [1.165, 1.54) is 0 Å². The van der Waals surface area contributed by atoms with Gasteiger partial charge in [0.25, 0.3) is 0 Å². The maximum Gasteiger partial charge on any atom is 0.179 e. The van der Waals surface area contributed by atoms with Gasteiger partial charge in [-0.1, -0.05) is 126 Å². The third-order valence-electron chi connectivity index (χ3n) is 6.32. The molecular weight excluding hydrogens is 543 g/mol. The molecule has 0 amide bonds. The summed E-state index contributed by atoms with van der Waals surface area (Å²) < 4.78 is 0. The van der Waals surface area contributed by atoms with Crippen LogP contribution in [-0.2, 0) is 4.79 Å². The number of carbonyl (C=O) groups is 1. The summed E-state index contributed by atoms with van der Waals surface area (Å²) >= 11 is 18.7. The molecule has 0 bridgehead atoms. The summed E-state index contributed by atoms with van der Waals surface area (Å²) in [4.78, 5) is 13.3. The predicted molar refractivity (Wildman–Crippen MR) is 166 cm³/mol. The van der Waals surface area contributed by atoms with Crippen LogP contribution in [0.5, 0.6) is 0 Å². The summed E-state index contributed by atoms with van der Waals surface area (Å²) in [7, 11) is 0. The van der Waals surface area contributed by atoms with Gasteiger partial charge in [0.15, 0.2) is 5.78 Å². The standard InChI is InChI=1S/C35H23Cl3O/c36-28-16-10-25(11-17-28)32-7-4-8-33(35(32)27-14-20-30(38)21-15-27)34(26-12-18-29(37)19-13-26)23-31(39)22-9-24-5-2-1-3-6-24/h1-23H. The molecule has 0 saturated carbocycles. The van der Waals surface area contributed by atoms with E-state index in [0.717, 1.165) is 44.5 Å². The number of benzene rings is 5. The third-order valence-corrected chi connectivity index (χ3v) is 7.08. The Morgan fingerprint density at radius 2 is 1.13 bits per heavy atom. The fraction of sp³-hybridized carbons (Fsp3) is 0. The number of halogens is 3. The second-order valence-corrected chi connectivity index (χ2v) is 10.3. The van der Waals surface area contributed by atoms with Crippen LogP contribution in [0.4, 0.5) is 0 Å². The van der Waals surface area contributed by atoms with Crippen molar-refractivity contribution in [1.29, 1.82) is 0 Å². The number of ketones is 1. The van der Waals surface area contributed by atoms with Gasteiger partial charge in [-0.2, -0.15) is 0 Å². The first-order valence-corrected chi connectivity index (χ1v) is 13.5. The summed E-state index contributed by atoms with van der Waals surface area (Å²) in [6.07, 6.45) is 5.10. The van der Waals surface area contributed by atoms with Crippen molar-refractivity contribution in [2.24, 2.45) is 0 Å². The summed E-state index contributed by atoms with van der Waals surface area (Å²) in [6.45, 7) is 0. The Hall–Kier alpha value is -3.88. The molecule has 0 atom stereocenters. The van der Waals surface area contributed by atoms with Crippen LogP contribution in [0.2, 0.25) is 15.1 Å². The van der Waals surface area contributed by atoms with Crippen LogP contribution in [0.1, 0.15) is 16.7 Å². The minimum Gasteiger partial charge on any atom is -0.290 e. The lowest BCUT2D eigenvalue weighted by Crippen LogP contribution is -1.98. The molecule has 5 rings (SSSR count). The molecule has 0 aromatic heterocycles. The Bertz CT molecular complexity index is 1650.